The first-order valence-electron chi connectivity index (χ1n) is 30.3. The minimum atomic E-state index is -0.838. The van der Waals surface area contributed by atoms with Crippen molar-refractivity contribution in [1.82, 2.24) is 39.1 Å². The highest BCUT2D eigenvalue weighted by atomic mass is 35.5. The Morgan fingerprint density at radius 3 is 1.14 bits per heavy atom. The molecule has 0 radical (unpaired) electrons. The Balaban J connectivity index is 0.000000221. The number of amides is 4. The lowest BCUT2D eigenvalue weighted by Gasteiger charge is -2.10. The summed E-state index contributed by atoms with van der Waals surface area (Å²) in [4.78, 5) is 49.7. The third-order valence-corrected chi connectivity index (χ3v) is 12.5. The average molecular weight is 1290 g/mol. The topological polar surface area (TPSA) is 234 Å². The predicted octanol–water partition coefficient (Wildman–Crippen LogP) is 14.6. The molecule has 4 amide bonds. The SMILES string of the molecule is CCCOc1nn(CCC)cc1C(=O)Nc1cc(Cl)ccc1OC.CCCOc1nn(CCC)cc1C(=O)Nc1ccc(F)cc1.CCCOc1nn(CCC)cc1C(=O)Nc1ccc(F)cc1F.CCCOc1nn(CCC)cc1C(=O)Nc1ccccc1F. The number of aromatic nitrogens is 8. The number of rotatable bonds is 29. The Hall–Kier alpha value is -9.39. The van der Waals surface area contributed by atoms with Gasteiger partial charge >= 0.3 is 0 Å². The quantitative estimate of drug-likeness (QED) is 0.0320. The molecule has 21 nitrogen and oxygen atoms in total. The Kier molecular flexibility index (Phi) is 30.4. The molecule has 0 saturated heterocycles. The maximum atomic E-state index is 13.6. The Labute approximate surface area is 532 Å². The Morgan fingerprint density at radius 2 is 0.780 bits per heavy atom. The molecular formula is C65H81ClF4N12O9. The Bertz CT molecular complexity index is 3580. The number of hydrogen-bond acceptors (Lipinski definition) is 13. The van der Waals surface area contributed by atoms with Crippen LogP contribution in [0.1, 0.15) is 148 Å². The second kappa shape index (κ2) is 38.2. The van der Waals surface area contributed by atoms with Crippen molar-refractivity contribution in [3.63, 3.8) is 0 Å². The van der Waals surface area contributed by atoms with Crippen LogP contribution in [-0.4, -0.2) is 96.3 Å². The summed E-state index contributed by atoms with van der Waals surface area (Å²) in [5.74, 6) is -2.30. The summed E-state index contributed by atoms with van der Waals surface area (Å²) in [6, 6.07) is 19.7. The van der Waals surface area contributed by atoms with Crippen LogP contribution in [0.15, 0.2) is 110 Å². The smallest absolute Gasteiger partial charge is 0.262 e. The summed E-state index contributed by atoms with van der Waals surface area (Å²) < 4.78 is 87.2. The van der Waals surface area contributed by atoms with Crippen molar-refractivity contribution in [2.45, 2.75) is 133 Å². The van der Waals surface area contributed by atoms with Gasteiger partial charge in [0.25, 0.3) is 23.6 Å². The van der Waals surface area contributed by atoms with Gasteiger partial charge in [-0.25, -0.2) is 17.6 Å². The summed E-state index contributed by atoms with van der Waals surface area (Å²) in [7, 11) is 1.54. The van der Waals surface area contributed by atoms with Crippen LogP contribution in [0.4, 0.5) is 40.3 Å². The number of ether oxygens (including phenoxy) is 5. The number of benzene rings is 4. The van der Waals surface area contributed by atoms with Gasteiger partial charge in [-0.05, 0) is 118 Å². The number of nitrogens with one attached hydrogen (secondary N) is 4. The fourth-order valence-electron chi connectivity index (χ4n) is 8.07. The van der Waals surface area contributed by atoms with Crippen LogP contribution < -0.4 is 45.0 Å². The molecule has 4 aromatic carbocycles. The van der Waals surface area contributed by atoms with E-state index in [-0.39, 0.29) is 46.3 Å². The van der Waals surface area contributed by atoms with Crippen LogP contribution >= 0.6 is 11.6 Å². The minimum Gasteiger partial charge on any atom is -0.495 e. The van der Waals surface area contributed by atoms with Crippen molar-refractivity contribution in [2.75, 3.05) is 54.8 Å². The van der Waals surface area contributed by atoms with E-state index in [1.807, 2.05) is 55.4 Å². The van der Waals surface area contributed by atoms with Crippen LogP contribution in [0.2, 0.25) is 5.02 Å². The van der Waals surface area contributed by atoms with Crippen molar-refractivity contribution in [3.05, 3.63) is 160 Å². The van der Waals surface area contributed by atoms with Crippen molar-refractivity contribution in [1.29, 1.82) is 0 Å². The first kappa shape index (κ1) is 72.4. The maximum Gasteiger partial charge on any atom is 0.262 e. The van der Waals surface area contributed by atoms with Gasteiger partial charge in [-0.3, -0.25) is 37.9 Å². The lowest BCUT2D eigenvalue weighted by Crippen LogP contribution is -2.14. The third-order valence-electron chi connectivity index (χ3n) is 12.3. The van der Waals surface area contributed by atoms with E-state index in [0.717, 1.165) is 64.0 Å². The molecule has 0 unspecified atom stereocenters. The van der Waals surface area contributed by atoms with E-state index in [0.29, 0.717) is 103 Å². The first-order chi connectivity index (χ1) is 43.9. The van der Waals surface area contributed by atoms with E-state index in [9.17, 15) is 36.7 Å². The molecule has 0 saturated carbocycles. The Morgan fingerprint density at radius 1 is 0.418 bits per heavy atom. The van der Waals surface area contributed by atoms with E-state index in [1.54, 1.807) is 73.8 Å². The molecule has 0 aliphatic heterocycles. The van der Waals surface area contributed by atoms with E-state index >= 15 is 0 Å². The number of aryl methyl sites for hydroxylation is 4. The fourth-order valence-corrected chi connectivity index (χ4v) is 8.24. The van der Waals surface area contributed by atoms with Gasteiger partial charge in [0.1, 0.15) is 51.3 Å². The number of methoxy groups -OCH3 is 1. The molecule has 0 fully saturated rings. The lowest BCUT2D eigenvalue weighted by atomic mass is 10.2. The number of carbonyl (C=O) groups is 4. The molecule has 490 valence electrons. The van der Waals surface area contributed by atoms with Crippen LogP contribution in [0.3, 0.4) is 0 Å². The van der Waals surface area contributed by atoms with E-state index in [2.05, 4.69) is 41.7 Å². The largest absolute Gasteiger partial charge is 0.495 e. The highest BCUT2D eigenvalue weighted by Gasteiger charge is 2.23. The summed E-state index contributed by atoms with van der Waals surface area (Å²) >= 11 is 6.00. The second-order valence-electron chi connectivity index (χ2n) is 20.1. The molecule has 0 spiro atoms. The van der Waals surface area contributed by atoms with Crippen LogP contribution in [0, 0.1) is 23.3 Å². The van der Waals surface area contributed by atoms with Gasteiger partial charge in [0.05, 0.1) is 50.6 Å². The van der Waals surface area contributed by atoms with Crippen molar-refractivity contribution in [3.8, 4) is 29.3 Å². The first-order valence-corrected chi connectivity index (χ1v) is 30.7. The number of hydrogen-bond donors (Lipinski definition) is 4. The molecule has 8 aromatic rings. The summed E-state index contributed by atoms with van der Waals surface area (Å²) in [6.45, 7) is 20.7. The maximum absolute atomic E-state index is 13.6. The van der Waals surface area contributed by atoms with E-state index in [4.69, 9.17) is 35.3 Å². The fraction of sp³-hybridized carbons (Fsp3) is 0.385. The zero-order valence-electron chi connectivity index (χ0n) is 52.8. The number of para-hydroxylation sites is 1. The van der Waals surface area contributed by atoms with Crippen LogP contribution in [0.25, 0.3) is 0 Å². The highest BCUT2D eigenvalue weighted by molar-refractivity contribution is 6.31. The molecule has 0 aliphatic rings. The third kappa shape index (κ3) is 22.9. The van der Waals surface area contributed by atoms with Gasteiger partial charge in [0, 0.05) is 67.7 Å². The van der Waals surface area contributed by atoms with Gasteiger partial charge < -0.3 is 45.0 Å². The summed E-state index contributed by atoms with van der Waals surface area (Å²) in [6.07, 6.45) is 13.4. The zero-order valence-corrected chi connectivity index (χ0v) is 53.6. The molecule has 4 aromatic heterocycles. The molecule has 4 N–H and O–H groups in total. The summed E-state index contributed by atoms with van der Waals surface area (Å²) in [5.41, 5.74) is 2.36. The standard InChI is InChI=1S/C17H22ClN3O3.C16H19F2N3O2.2C16H20FN3O2/c1-4-8-21-11-13(17(20-21)24-9-5-2)16(22)19-14-10-12(18)6-7-15(14)23-3;1-3-7-21-10-12(16(20-21)23-8-4-2)15(22)19-14-6-5-11(17)9-13(14)18;1-3-9-20-11-14(16(19-20)22-10-4-2)15(21)18-13-7-5-12(17)6-8-13;1-3-9-20-11-12(16(19-20)22-10-4-2)15(21)18-14-8-6-5-7-13(14)17/h6-7,10-11H,4-5,8-9H2,1-3H3,(H,19,22);5-6,9-10H,3-4,7-8H2,1-2H3,(H,19,22);2*5-8,11H,3-4,9-10H2,1-2H3,(H,18,21). The zero-order chi connectivity index (χ0) is 66.2. The predicted molar refractivity (Wildman–Crippen MR) is 342 cm³/mol. The van der Waals surface area contributed by atoms with Gasteiger partial charge in [0.15, 0.2) is 0 Å². The number of carbonyl (C=O) groups excluding carboxylic acids is 4. The molecule has 91 heavy (non-hydrogen) atoms. The second-order valence-corrected chi connectivity index (χ2v) is 20.5. The molecule has 8 rings (SSSR count). The molecular weight excluding hydrogens is 1200 g/mol. The van der Waals surface area contributed by atoms with Crippen molar-refractivity contribution < 1.29 is 60.4 Å². The number of nitrogens with zero attached hydrogens (tertiary/aromatic N) is 8. The van der Waals surface area contributed by atoms with E-state index < -0.39 is 29.3 Å². The summed E-state index contributed by atoms with van der Waals surface area (Å²) in [5, 5.41) is 28.1. The average Bonchev–Trinajstić information content (AvgIpc) is 2.31. The molecule has 0 aliphatic carbocycles. The van der Waals surface area contributed by atoms with Gasteiger partial charge in [-0.2, -0.15) is 0 Å². The molecule has 0 atom stereocenters. The molecule has 4 heterocycles. The molecule has 26 heteroatoms. The normalized spacial score (nSPS) is 10.5. The van der Waals surface area contributed by atoms with E-state index in [1.165, 1.54) is 49.6 Å². The van der Waals surface area contributed by atoms with Gasteiger partial charge in [-0.15, -0.1) is 20.4 Å². The lowest BCUT2D eigenvalue weighted by molar-refractivity contribution is 0.101. The van der Waals surface area contributed by atoms with Crippen molar-refractivity contribution >= 4 is 58.0 Å². The van der Waals surface area contributed by atoms with Gasteiger partial charge in [0.2, 0.25) is 23.5 Å². The minimum absolute atomic E-state index is 0.0962. The van der Waals surface area contributed by atoms with Crippen LogP contribution in [-0.2, 0) is 26.2 Å². The number of anilines is 4. The molecule has 0 bridgehead atoms. The monoisotopic (exact) mass is 1280 g/mol. The van der Waals surface area contributed by atoms with Gasteiger partial charge in [-0.1, -0.05) is 79.1 Å². The van der Waals surface area contributed by atoms with Crippen molar-refractivity contribution in [2.24, 2.45) is 0 Å². The highest BCUT2D eigenvalue weighted by Crippen LogP contribution is 2.30. The van der Waals surface area contributed by atoms with Crippen LogP contribution in [0.5, 0.6) is 29.3 Å². The number of halogens is 5.